The van der Waals surface area contributed by atoms with E-state index in [-0.39, 0.29) is 17.9 Å². The van der Waals surface area contributed by atoms with E-state index >= 15 is 0 Å². The maximum Gasteiger partial charge on any atom is 0.335 e. The monoisotopic (exact) mass is 315 g/mol. The van der Waals surface area contributed by atoms with Gasteiger partial charge in [0.2, 0.25) is 10.0 Å². The summed E-state index contributed by atoms with van der Waals surface area (Å²) < 4.78 is 24.0. The maximum atomic E-state index is 11.6. The standard InChI is InChI=1S/C12H17N3O5S/c1-15(2)21(19,20)7-6-13-12(18)14-10-5-3-4-9(8-10)11(16)17/h3-5,8H,6-7H2,1-2H3,(H,16,17)(H2,13,14,18). The van der Waals surface area contributed by atoms with Gasteiger partial charge in [-0.1, -0.05) is 6.07 Å². The van der Waals surface area contributed by atoms with Crippen LogP contribution in [0.25, 0.3) is 0 Å². The molecule has 0 aliphatic heterocycles. The Morgan fingerprint density at radius 3 is 2.52 bits per heavy atom. The molecule has 0 radical (unpaired) electrons. The summed E-state index contributed by atoms with van der Waals surface area (Å²) >= 11 is 0. The van der Waals surface area contributed by atoms with Gasteiger partial charge in [0.05, 0.1) is 11.3 Å². The number of carboxylic acids is 1. The zero-order valence-corrected chi connectivity index (χ0v) is 12.5. The van der Waals surface area contributed by atoms with Gasteiger partial charge >= 0.3 is 12.0 Å². The van der Waals surface area contributed by atoms with Gasteiger partial charge in [-0.2, -0.15) is 0 Å². The Kier molecular flexibility index (Phi) is 5.68. The van der Waals surface area contributed by atoms with Gasteiger partial charge in [-0.25, -0.2) is 22.3 Å². The van der Waals surface area contributed by atoms with E-state index in [1.807, 2.05) is 0 Å². The smallest absolute Gasteiger partial charge is 0.335 e. The number of amides is 2. The second-order valence-corrected chi connectivity index (χ2v) is 6.67. The quantitative estimate of drug-likeness (QED) is 0.702. The molecule has 21 heavy (non-hydrogen) atoms. The van der Waals surface area contributed by atoms with Crippen molar-refractivity contribution >= 4 is 27.7 Å². The van der Waals surface area contributed by atoms with Crippen molar-refractivity contribution in [3.63, 3.8) is 0 Å². The topological polar surface area (TPSA) is 116 Å². The molecule has 9 heteroatoms. The van der Waals surface area contributed by atoms with E-state index < -0.39 is 22.0 Å². The lowest BCUT2D eigenvalue weighted by atomic mass is 10.2. The second kappa shape index (κ2) is 7.04. The van der Waals surface area contributed by atoms with Crippen LogP contribution in [0.5, 0.6) is 0 Å². The van der Waals surface area contributed by atoms with Gasteiger partial charge in [0.1, 0.15) is 0 Å². The van der Waals surface area contributed by atoms with Gasteiger partial charge in [-0.05, 0) is 18.2 Å². The average molecular weight is 315 g/mol. The molecule has 0 saturated heterocycles. The molecule has 2 amide bonds. The molecule has 0 bridgehead atoms. The van der Waals surface area contributed by atoms with Crippen LogP contribution < -0.4 is 10.6 Å². The fourth-order valence-electron chi connectivity index (χ4n) is 1.38. The van der Waals surface area contributed by atoms with Crippen LogP contribution in [0.4, 0.5) is 10.5 Å². The summed E-state index contributed by atoms with van der Waals surface area (Å²) in [6, 6.07) is 5.12. The van der Waals surface area contributed by atoms with Crippen molar-refractivity contribution in [3.8, 4) is 0 Å². The predicted molar refractivity (Wildman–Crippen MR) is 77.9 cm³/mol. The van der Waals surface area contributed by atoms with Crippen LogP contribution in [0.15, 0.2) is 24.3 Å². The van der Waals surface area contributed by atoms with Gasteiger partial charge in [-0.3, -0.25) is 0 Å². The lowest BCUT2D eigenvalue weighted by Crippen LogP contribution is -2.36. The molecule has 1 aromatic rings. The van der Waals surface area contributed by atoms with E-state index in [1.165, 1.54) is 38.4 Å². The van der Waals surface area contributed by atoms with E-state index in [0.717, 1.165) is 4.31 Å². The number of hydrogen-bond donors (Lipinski definition) is 3. The molecule has 1 aromatic carbocycles. The number of carbonyl (C=O) groups excluding carboxylic acids is 1. The highest BCUT2D eigenvalue weighted by Crippen LogP contribution is 2.10. The summed E-state index contributed by atoms with van der Waals surface area (Å²) in [4.78, 5) is 22.4. The number of hydrogen-bond acceptors (Lipinski definition) is 4. The molecule has 1 rings (SSSR count). The Bertz CT molecular complexity index is 628. The molecule has 0 heterocycles. The highest BCUT2D eigenvalue weighted by Gasteiger charge is 2.13. The Labute approximate surface area is 122 Å². The maximum absolute atomic E-state index is 11.6. The summed E-state index contributed by atoms with van der Waals surface area (Å²) in [5.41, 5.74) is 0.353. The minimum absolute atomic E-state index is 0.0444. The highest BCUT2D eigenvalue weighted by atomic mass is 32.2. The van der Waals surface area contributed by atoms with Gasteiger partial charge in [0.15, 0.2) is 0 Å². The van der Waals surface area contributed by atoms with Crippen LogP contribution in [0.2, 0.25) is 0 Å². The van der Waals surface area contributed by atoms with E-state index in [0.29, 0.717) is 5.69 Å². The van der Waals surface area contributed by atoms with E-state index in [9.17, 15) is 18.0 Å². The number of aromatic carboxylic acids is 1. The van der Waals surface area contributed by atoms with Crippen molar-refractivity contribution in [2.24, 2.45) is 0 Å². The lowest BCUT2D eigenvalue weighted by Gasteiger charge is -2.12. The zero-order valence-electron chi connectivity index (χ0n) is 11.7. The van der Waals surface area contributed by atoms with Crippen molar-refractivity contribution in [2.45, 2.75) is 0 Å². The zero-order chi connectivity index (χ0) is 16.0. The molecule has 8 nitrogen and oxygen atoms in total. The number of carbonyl (C=O) groups is 2. The first-order valence-electron chi connectivity index (χ1n) is 6.01. The Morgan fingerprint density at radius 2 is 1.95 bits per heavy atom. The number of benzene rings is 1. The fraction of sp³-hybridized carbons (Fsp3) is 0.333. The third kappa shape index (κ3) is 5.40. The highest BCUT2D eigenvalue weighted by molar-refractivity contribution is 7.89. The first kappa shape index (κ1) is 16.9. The van der Waals surface area contributed by atoms with Crippen LogP contribution in [0.1, 0.15) is 10.4 Å². The third-order valence-electron chi connectivity index (χ3n) is 2.57. The molecule has 0 saturated carbocycles. The van der Waals surface area contributed by atoms with Crippen molar-refractivity contribution in [1.82, 2.24) is 9.62 Å². The van der Waals surface area contributed by atoms with Gasteiger partial charge in [0, 0.05) is 26.3 Å². The first-order chi connectivity index (χ1) is 9.72. The van der Waals surface area contributed by atoms with Gasteiger partial charge in [0.25, 0.3) is 0 Å². The van der Waals surface area contributed by atoms with E-state index in [4.69, 9.17) is 5.11 Å². The molecule has 0 aliphatic rings. The van der Waals surface area contributed by atoms with Crippen molar-refractivity contribution < 1.29 is 23.1 Å². The normalized spacial score (nSPS) is 11.2. The minimum atomic E-state index is -3.37. The number of nitrogens with zero attached hydrogens (tertiary/aromatic N) is 1. The van der Waals surface area contributed by atoms with Crippen molar-refractivity contribution in [1.29, 1.82) is 0 Å². The summed E-state index contributed by atoms with van der Waals surface area (Å²) in [5.74, 6) is -1.32. The summed E-state index contributed by atoms with van der Waals surface area (Å²) in [6.07, 6.45) is 0. The molecule has 0 aliphatic carbocycles. The van der Waals surface area contributed by atoms with Gasteiger partial charge < -0.3 is 15.7 Å². The van der Waals surface area contributed by atoms with E-state index in [2.05, 4.69) is 10.6 Å². The number of rotatable bonds is 6. The Morgan fingerprint density at radius 1 is 1.29 bits per heavy atom. The largest absolute Gasteiger partial charge is 0.478 e. The summed E-state index contributed by atoms with van der Waals surface area (Å²) in [5, 5.41) is 13.6. The van der Waals surface area contributed by atoms with Crippen molar-refractivity contribution in [3.05, 3.63) is 29.8 Å². The number of urea groups is 1. The first-order valence-corrected chi connectivity index (χ1v) is 7.61. The SMILES string of the molecule is CN(C)S(=O)(=O)CCNC(=O)Nc1cccc(C(=O)O)c1. The number of sulfonamides is 1. The van der Waals surface area contributed by atoms with Gasteiger partial charge in [-0.15, -0.1) is 0 Å². The molecular weight excluding hydrogens is 298 g/mol. The summed E-state index contributed by atoms with van der Waals surface area (Å²) in [6.45, 7) is -0.0506. The molecular formula is C12H17N3O5S. The minimum Gasteiger partial charge on any atom is -0.478 e. The predicted octanol–water partition coefficient (Wildman–Crippen LogP) is 0.398. The van der Waals surface area contributed by atoms with E-state index in [1.54, 1.807) is 0 Å². The molecule has 3 N–H and O–H groups in total. The molecule has 0 spiro atoms. The van der Waals surface area contributed by atoms with Crippen LogP contribution in [-0.4, -0.2) is 56.2 Å². The molecule has 0 unspecified atom stereocenters. The third-order valence-corrected chi connectivity index (χ3v) is 4.40. The fourth-order valence-corrected chi connectivity index (χ4v) is 2.11. The molecule has 116 valence electrons. The Balaban J connectivity index is 2.51. The van der Waals surface area contributed by atoms with Crippen LogP contribution in [0, 0.1) is 0 Å². The van der Waals surface area contributed by atoms with Crippen LogP contribution in [-0.2, 0) is 10.0 Å². The molecule has 0 aromatic heterocycles. The van der Waals surface area contributed by atoms with Crippen molar-refractivity contribution in [2.75, 3.05) is 31.7 Å². The summed E-state index contributed by atoms with van der Waals surface area (Å²) in [7, 11) is -0.553. The number of anilines is 1. The number of carboxylic acid groups (broad SMARTS) is 1. The second-order valence-electron chi connectivity index (χ2n) is 4.37. The molecule has 0 atom stereocenters. The van der Waals surface area contributed by atoms with Crippen LogP contribution in [0.3, 0.4) is 0 Å². The van der Waals surface area contributed by atoms with Crippen LogP contribution >= 0.6 is 0 Å². The average Bonchev–Trinajstić information content (AvgIpc) is 2.38. The molecule has 0 fully saturated rings. The Hall–Kier alpha value is -2.13. The lowest BCUT2D eigenvalue weighted by molar-refractivity contribution is 0.0697. The number of nitrogens with one attached hydrogen (secondary N) is 2.